The molecule has 0 radical (unpaired) electrons. The van der Waals surface area contributed by atoms with Crippen molar-refractivity contribution in [1.29, 1.82) is 0 Å². The lowest BCUT2D eigenvalue weighted by molar-refractivity contribution is 0.0980. The van der Waals surface area contributed by atoms with Gasteiger partial charge in [-0.05, 0) is 25.0 Å². The molecule has 6 nitrogen and oxygen atoms in total. The summed E-state index contributed by atoms with van der Waals surface area (Å²) in [6.45, 7) is 1.79. The number of carbonyl (C=O) groups is 1. The van der Waals surface area contributed by atoms with E-state index in [1.807, 2.05) is 12.1 Å². The lowest BCUT2D eigenvalue weighted by atomic mass is 10.1. The molecule has 1 aliphatic heterocycles. The Morgan fingerprint density at radius 3 is 2.40 bits per heavy atom. The summed E-state index contributed by atoms with van der Waals surface area (Å²) in [5.74, 6) is -0.596. The molecule has 0 saturated carbocycles. The van der Waals surface area contributed by atoms with E-state index in [0.717, 1.165) is 35.9 Å². The van der Waals surface area contributed by atoms with Gasteiger partial charge in [-0.2, -0.15) is 12.7 Å². The second-order valence-electron chi connectivity index (χ2n) is 4.93. The summed E-state index contributed by atoms with van der Waals surface area (Å²) in [5.41, 5.74) is 1.18. The fourth-order valence-electron chi connectivity index (χ4n) is 2.16. The quantitative estimate of drug-likeness (QED) is 0.893. The summed E-state index contributed by atoms with van der Waals surface area (Å²) in [5, 5.41) is 0. The Labute approximate surface area is 119 Å². The molecule has 2 rings (SSSR count). The van der Waals surface area contributed by atoms with E-state index >= 15 is 0 Å². The van der Waals surface area contributed by atoms with Gasteiger partial charge in [0.1, 0.15) is 0 Å². The van der Waals surface area contributed by atoms with Crippen LogP contribution in [0.15, 0.2) is 24.3 Å². The van der Waals surface area contributed by atoms with Crippen molar-refractivity contribution in [2.45, 2.75) is 12.8 Å². The summed E-state index contributed by atoms with van der Waals surface area (Å²) in [6, 6.07) is 7.08. The SMILES string of the molecule is CN(C)S(=O)(=O)NC(=O)c1ccccc1N1CCCC1. The summed E-state index contributed by atoms with van der Waals surface area (Å²) >= 11 is 0. The van der Waals surface area contributed by atoms with Gasteiger partial charge in [-0.25, -0.2) is 4.72 Å². The van der Waals surface area contributed by atoms with E-state index in [4.69, 9.17) is 0 Å². The maximum Gasteiger partial charge on any atom is 0.303 e. The van der Waals surface area contributed by atoms with E-state index in [1.165, 1.54) is 14.1 Å². The number of para-hydroxylation sites is 1. The van der Waals surface area contributed by atoms with Gasteiger partial charge < -0.3 is 4.90 Å². The van der Waals surface area contributed by atoms with Crippen molar-refractivity contribution in [3.63, 3.8) is 0 Å². The molecule has 1 heterocycles. The lowest BCUT2D eigenvalue weighted by Crippen LogP contribution is -2.40. The van der Waals surface area contributed by atoms with Crippen molar-refractivity contribution in [3.8, 4) is 0 Å². The molecular weight excluding hydrogens is 278 g/mol. The number of amides is 1. The smallest absolute Gasteiger partial charge is 0.303 e. The van der Waals surface area contributed by atoms with E-state index < -0.39 is 16.1 Å². The van der Waals surface area contributed by atoms with Crippen LogP contribution >= 0.6 is 0 Å². The second kappa shape index (κ2) is 5.80. The second-order valence-corrected chi connectivity index (χ2v) is 6.81. The molecule has 0 aromatic heterocycles. The molecule has 0 bridgehead atoms. The van der Waals surface area contributed by atoms with Crippen molar-refractivity contribution in [3.05, 3.63) is 29.8 Å². The standard InChI is InChI=1S/C13H19N3O3S/c1-15(2)20(18,19)14-13(17)11-7-3-4-8-12(11)16-9-5-6-10-16/h3-4,7-8H,5-6,9-10H2,1-2H3,(H,14,17). The van der Waals surface area contributed by atoms with Crippen LogP contribution in [0.5, 0.6) is 0 Å². The van der Waals surface area contributed by atoms with Crippen molar-refractivity contribution in [1.82, 2.24) is 9.03 Å². The van der Waals surface area contributed by atoms with Gasteiger partial charge in [-0.3, -0.25) is 4.79 Å². The van der Waals surface area contributed by atoms with Crippen LogP contribution in [0.3, 0.4) is 0 Å². The third-order valence-corrected chi connectivity index (χ3v) is 4.70. The number of benzene rings is 1. The van der Waals surface area contributed by atoms with Crippen LogP contribution in [0.1, 0.15) is 23.2 Å². The van der Waals surface area contributed by atoms with E-state index in [1.54, 1.807) is 12.1 Å². The molecule has 1 amide bonds. The number of nitrogens with zero attached hydrogens (tertiary/aromatic N) is 2. The zero-order valence-corrected chi connectivity index (χ0v) is 12.5. The molecule has 1 saturated heterocycles. The monoisotopic (exact) mass is 297 g/mol. The summed E-state index contributed by atoms with van der Waals surface area (Å²) in [4.78, 5) is 14.3. The Kier molecular flexibility index (Phi) is 4.29. The van der Waals surface area contributed by atoms with Crippen molar-refractivity contribution in [2.75, 3.05) is 32.1 Å². The summed E-state index contributed by atoms with van der Waals surface area (Å²) < 4.78 is 26.5. The molecule has 0 aliphatic carbocycles. The Hall–Kier alpha value is -1.60. The predicted molar refractivity (Wildman–Crippen MR) is 78.0 cm³/mol. The highest BCUT2D eigenvalue weighted by atomic mass is 32.2. The highest BCUT2D eigenvalue weighted by Gasteiger charge is 2.23. The van der Waals surface area contributed by atoms with Crippen molar-refractivity contribution < 1.29 is 13.2 Å². The molecule has 1 aromatic rings. The Balaban J connectivity index is 2.26. The largest absolute Gasteiger partial charge is 0.371 e. The first-order valence-corrected chi connectivity index (χ1v) is 7.94. The van der Waals surface area contributed by atoms with Crippen LogP contribution in [0.25, 0.3) is 0 Å². The first kappa shape index (κ1) is 14.8. The molecule has 20 heavy (non-hydrogen) atoms. The van der Waals surface area contributed by atoms with Gasteiger partial charge in [0.15, 0.2) is 0 Å². The molecule has 1 fully saturated rings. The maximum absolute atomic E-state index is 12.2. The molecule has 0 atom stereocenters. The van der Waals surface area contributed by atoms with Crippen LogP contribution in [0, 0.1) is 0 Å². The number of anilines is 1. The third kappa shape index (κ3) is 3.10. The van der Waals surface area contributed by atoms with Crippen LogP contribution in [0.2, 0.25) is 0 Å². The number of carbonyl (C=O) groups excluding carboxylic acids is 1. The van der Waals surface area contributed by atoms with Crippen molar-refractivity contribution in [2.24, 2.45) is 0 Å². The fraction of sp³-hybridized carbons (Fsp3) is 0.462. The molecule has 110 valence electrons. The highest BCUT2D eigenvalue weighted by Crippen LogP contribution is 2.24. The van der Waals surface area contributed by atoms with Crippen LogP contribution in [-0.4, -0.2) is 45.8 Å². The van der Waals surface area contributed by atoms with Gasteiger partial charge in [-0.1, -0.05) is 12.1 Å². The molecule has 0 unspecified atom stereocenters. The van der Waals surface area contributed by atoms with Gasteiger partial charge in [0.2, 0.25) is 0 Å². The minimum atomic E-state index is -3.77. The first-order valence-electron chi connectivity index (χ1n) is 6.50. The molecule has 1 aromatic carbocycles. The molecule has 0 spiro atoms. The van der Waals surface area contributed by atoms with Gasteiger partial charge in [0.25, 0.3) is 5.91 Å². The normalized spacial score (nSPS) is 15.7. The molecular formula is C13H19N3O3S. The van der Waals surface area contributed by atoms with E-state index in [9.17, 15) is 13.2 Å². The zero-order chi connectivity index (χ0) is 14.8. The predicted octanol–water partition coefficient (Wildman–Crippen LogP) is 0.823. The van der Waals surface area contributed by atoms with E-state index in [0.29, 0.717) is 5.56 Å². The van der Waals surface area contributed by atoms with Gasteiger partial charge in [0, 0.05) is 32.9 Å². The minimum absolute atomic E-state index is 0.389. The van der Waals surface area contributed by atoms with Gasteiger partial charge >= 0.3 is 10.2 Å². The zero-order valence-electron chi connectivity index (χ0n) is 11.7. The number of nitrogens with one attached hydrogen (secondary N) is 1. The highest BCUT2D eigenvalue weighted by molar-refractivity contribution is 7.87. The summed E-state index contributed by atoms with van der Waals surface area (Å²) in [6.07, 6.45) is 2.18. The Morgan fingerprint density at radius 2 is 1.80 bits per heavy atom. The number of hydrogen-bond donors (Lipinski definition) is 1. The van der Waals surface area contributed by atoms with Crippen LogP contribution in [-0.2, 0) is 10.2 Å². The average Bonchev–Trinajstić information content (AvgIpc) is 2.91. The Bertz CT molecular complexity index is 593. The first-order chi connectivity index (χ1) is 9.42. The average molecular weight is 297 g/mol. The molecule has 1 N–H and O–H groups in total. The minimum Gasteiger partial charge on any atom is -0.371 e. The topological polar surface area (TPSA) is 69.7 Å². The number of rotatable bonds is 4. The maximum atomic E-state index is 12.2. The lowest BCUT2D eigenvalue weighted by Gasteiger charge is -2.21. The summed E-state index contributed by atoms with van der Waals surface area (Å²) in [7, 11) is -1.02. The van der Waals surface area contributed by atoms with Crippen LogP contribution in [0.4, 0.5) is 5.69 Å². The van der Waals surface area contributed by atoms with Gasteiger partial charge in [-0.15, -0.1) is 0 Å². The van der Waals surface area contributed by atoms with Crippen LogP contribution < -0.4 is 9.62 Å². The van der Waals surface area contributed by atoms with Crippen molar-refractivity contribution >= 4 is 21.8 Å². The third-order valence-electron chi connectivity index (χ3n) is 3.30. The van der Waals surface area contributed by atoms with E-state index in [2.05, 4.69) is 9.62 Å². The molecule has 1 aliphatic rings. The number of hydrogen-bond acceptors (Lipinski definition) is 4. The Morgan fingerprint density at radius 1 is 1.20 bits per heavy atom. The molecule has 7 heteroatoms. The van der Waals surface area contributed by atoms with E-state index in [-0.39, 0.29) is 0 Å². The van der Waals surface area contributed by atoms with Gasteiger partial charge in [0.05, 0.1) is 5.56 Å². The fourth-order valence-corrected chi connectivity index (χ4v) is 2.69.